The van der Waals surface area contributed by atoms with Crippen LogP contribution in [0.25, 0.3) is 0 Å². The molecule has 2 aliphatic rings. The van der Waals surface area contributed by atoms with Crippen molar-refractivity contribution in [3.63, 3.8) is 0 Å². The zero-order valence-electron chi connectivity index (χ0n) is 8.18. The Labute approximate surface area is 82.6 Å². The van der Waals surface area contributed by atoms with Gasteiger partial charge in [0.15, 0.2) is 0 Å². The van der Waals surface area contributed by atoms with Gasteiger partial charge in [-0.15, -0.1) is 5.10 Å². The molecule has 4 heteroatoms. The van der Waals surface area contributed by atoms with Gasteiger partial charge in [0.1, 0.15) is 0 Å². The van der Waals surface area contributed by atoms with Gasteiger partial charge in [-0.05, 0) is 19.3 Å². The van der Waals surface area contributed by atoms with Crippen LogP contribution in [0.4, 0.5) is 6.01 Å². The Kier molecular flexibility index (Phi) is 1.63. The van der Waals surface area contributed by atoms with E-state index in [4.69, 9.17) is 4.42 Å². The van der Waals surface area contributed by atoms with E-state index < -0.39 is 0 Å². The first kappa shape index (κ1) is 8.03. The number of hydrogen-bond acceptors (Lipinski definition) is 4. The van der Waals surface area contributed by atoms with E-state index in [1.54, 1.807) is 0 Å². The second kappa shape index (κ2) is 2.83. The summed E-state index contributed by atoms with van der Waals surface area (Å²) in [5.41, 5.74) is 0. The molecule has 0 saturated carbocycles. The van der Waals surface area contributed by atoms with Crippen molar-refractivity contribution in [2.45, 2.75) is 38.3 Å². The number of rotatable bonds is 1. The van der Waals surface area contributed by atoms with E-state index in [0.29, 0.717) is 24.0 Å². The van der Waals surface area contributed by atoms with Gasteiger partial charge in [-0.25, -0.2) is 0 Å². The molecule has 3 heterocycles. The molecule has 4 nitrogen and oxygen atoms in total. The lowest BCUT2D eigenvalue weighted by Gasteiger charge is -2.29. The summed E-state index contributed by atoms with van der Waals surface area (Å²) in [7, 11) is 0. The molecule has 3 rings (SSSR count). The summed E-state index contributed by atoms with van der Waals surface area (Å²) in [5.74, 6) is 0.647. The fourth-order valence-corrected chi connectivity index (χ4v) is 2.41. The van der Waals surface area contributed by atoms with Crippen LogP contribution in [0.2, 0.25) is 0 Å². The fraction of sp³-hybridized carbons (Fsp3) is 0.600. The normalized spacial score (nSPS) is 29.9. The molecular formula is C10H13N3O. The summed E-state index contributed by atoms with van der Waals surface area (Å²) in [6, 6.07) is 1.75. The molecule has 1 fully saturated rings. The third-order valence-corrected chi connectivity index (χ3v) is 3.05. The second-order valence-corrected chi connectivity index (χ2v) is 3.97. The van der Waals surface area contributed by atoms with Gasteiger partial charge in [-0.2, -0.15) is 0 Å². The quantitative estimate of drug-likeness (QED) is 0.633. The molecule has 14 heavy (non-hydrogen) atoms. The summed E-state index contributed by atoms with van der Waals surface area (Å²) in [6.07, 6.45) is 8.07. The zero-order valence-corrected chi connectivity index (χ0v) is 8.18. The Morgan fingerprint density at radius 2 is 2.36 bits per heavy atom. The monoisotopic (exact) mass is 191 g/mol. The van der Waals surface area contributed by atoms with E-state index in [1.165, 1.54) is 12.8 Å². The molecule has 1 aromatic heterocycles. The van der Waals surface area contributed by atoms with Gasteiger partial charge in [0.05, 0.1) is 6.04 Å². The number of aromatic nitrogens is 2. The summed E-state index contributed by atoms with van der Waals surface area (Å²) in [6.45, 7) is 1.83. The molecule has 74 valence electrons. The van der Waals surface area contributed by atoms with Crippen molar-refractivity contribution in [2.75, 3.05) is 4.90 Å². The highest BCUT2D eigenvalue weighted by Gasteiger charge is 2.36. The molecule has 2 unspecified atom stereocenters. The van der Waals surface area contributed by atoms with Gasteiger partial charge in [0.25, 0.3) is 0 Å². The standard InChI is InChI=1S/C10H13N3O/c1-7-11-12-10(14-7)13-8-3-2-4-9(13)6-5-8/h2-3,8-9H,4-6H2,1H3. The molecular weight excluding hydrogens is 178 g/mol. The maximum absolute atomic E-state index is 5.47. The summed E-state index contributed by atoms with van der Waals surface area (Å²) < 4.78 is 5.47. The maximum Gasteiger partial charge on any atom is 0.318 e. The van der Waals surface area contributed by atoms with E-state index >= 15 is 0 Å². The molecule has 2 aliphatic heterocycles. The lowest BCUT2D eigenvalue weighted by atomic mass is 10.1. The highest BCUT2D eigenvalue weighted by molar-refractivity contribution is 5.37. The number of nitrogens with zero attached hydrogens (tertiary/aromatic N) is 3. The minimum absolute atomic E-state index is 0.480. The first-order valence-electron chi connectivity index (χ1n) is 5.10. The fourth-order valence-electron chi connectivity index (χ4n) is 2.41. The molecule has 1 aromatic rings. The predicted octanol–water partition coefficient (Wildman–Crippen LogP) is 1.68. The van der Waals surface area contributed by atoms with Gasteiger partial charge >= 0.3 is 6.01 Å². The van der Waals surface area contributed by atoms with Crippen molar-refractivity contribution in [1.82, 2.24) is 10.2 Å². The Morgan fingerprint density at radius 3 is 3.07 bits per heavy atom. The van der Waals surface area contributed by atoms with Crippen molar-refractivity contribution in [2.24, 2.45) is 0 Å². The van der Waals surface area contributed by atoms with E-state index in [0.717, 1.165) is 6.42 Å². The van der Waals surface area contributed by atoms with Crippen LogP contribution in [0, 0.1) is 6.92 Å². The smallest absolute Gasteiger partial charge is 0.318 e. The van der Waals surface area contributed by atoms with Crippen molar-refractivity contribution < 1.29 is 4.42 Å². The molecule has 0 N–H and O–H groups in total. The van der Waals surface area contributed by atoms with E-state index in [2.05, 4.69) is 27.2 Å². The minimum Gasteiger partial charge on any atom is -0.408 e. The minimum atomic E-state index is 0.480. The van der Waals surface area contributed by atoms with Crippen LogP contribution in [-0.4, -0.2) is 22.3 Å². The van der Waals surface area contributed by atoms with Crippen LogP contribution in [0.1, 0.15) is 25.2 Å². The molecule has 2 bridgehead atoms. The average Bonchev–Trinajstić information content (AvgIpc) is 2.68. The van der Waals surface area contributed by atoms with Crippen molar-refractivity contribution in [1.29, 1.82) is 0 Å². The van der Waals surface area contributed by atoms with Crippen molar-refractivity contribution >= 4 is 6.01 Å². The SMILES string of the molecule is Cc1nnc(N2C3C=CCC2CC3)o1. The van der Waals surface area contributed by atoms with Crippen molar-refractivity contribution in [3.8, 4) is 0 Å². The van der Waals surface area contributed by atoms with E-state index in [-0.39, 0.29) is 0 Å². The molecule has 0 aliphatic carbocycles. The molecule has 0 amide bonds. The molecule has 2 atom stereocenters. The van der Waals surface area contributed by atoms with Gasteiger partial charge in [0, 0.05) is 13.0 Å². The van der Waals surface area contributed by atoms with Gasteiger partial charge < -0.3 is 9.32 Å². The zero-order chi connectivity index (χ0) is 9.54. The topological polar surface area (TPSA) is 42.2 Å². The Bertz CT molecular complexity index is 371. The van der Waals surface area contributed by atoms with E-state index in [1.807, 2.05) is 6.92 Å². The molecule has 0 aromatic carbocycles. The van der Waals surface area contributed by atoms with Crippen molar-refractivity contribution in [3.05, 3.63) is 18.0 Å². The van der Waals surface area contributed by atoms with Crippen LogP contribution in [0.3, 0.4) is 0 Å². The lowest BCUT2D eigenvalue weighted by Crippen LogP contribution is -2.37. The molecule has 1 saturated heterocycles. The van der Waals surface area contributed by atoms with Crippen LogP contribution in [0.15, 0.2) is 16.6 Å². The maximum atomic E-state index is 5.47. The first-order chi connectivity index (χ1) is 6.84. The number of anilines is 1. The average molecular weight is 191 g/mol. The summed E-state index contributed by atoms with van der Waals surface area (Å²) in [5, 5.41) is 7.96. The second-order valence-electron chi connectivity index (χ2n) is 3.97. The number of fused-ring (bicyclic) bond motifs is 2. The van der Waals surface area contributed by atoms with Crippen LogP contribution in [-0.2, 0) is 0 Å². The molecule has 0 radical (unpaired) electrons. The van der Waals surface area contributed by atoms with Crippen LogP contribution >= 0.6 is 0 Å². The number of hydrogen-bond donors (Lipinski definition) is 0. The first-order valence-corrected chi connectivity index (χ1v) is 5.10. The summed E-state index contributed by atoms with van der Waals surface area (Å²) in [4.78, 5) is 2.26. The third-order valence-electron chi connectivity index (χ3n) is 3.05. The summed E-state index contributed by atoms with van der Waals surface area (Å²) >= 11 is 0. The van der Waals surface area contributed by atoms with E-state index in [9.17, 15) is 0 Å². The Hall–Kier alpha value is -1.32. The highest BCUT2D eigenvalue weighted by atomic mass is 16.4. The van der Waals surface area contributed by atoms with Gasteiger partial charge in [-0.1, -0.05) is 17.3 Å². The van der Waals surface area contributed by atoms with Gasteiger partial charge in [0.2, 0.25) is 5.89 Å². The van der Waals surface area contributed by atoms with Crippen LogP contribution < -0.4 is 4.90 Å². The molecule has 0 spiro atoms. The number of aryl methyl sites for hydroxylation is 1. The van der Waals surface area contributed by atoms with Gasteiger partial charge in [-0.3, -0.25) is 0 Å². The predicted molar refractivity (Wildman–Crippen MR) is 52.1 cm³/mol. The Morgan fingerprint density at radius 1 is 1.43 bits per heavy atom. The third kappa shape index (κ3) is 1.06. The Balaban J connectivity index is 1.96. The highest BCUT2D eigenvalue weighted by Crippen LogP contribution is 2.34. The van der Waals surface area contributed by atoms with Crippen LogP contribution in [0.5, 0.6) is 0 Å². The lowest BCUT2D eigenvalue weighted by molar-refractivity contribution is 0.482. The largest absolute Gasteiger partial charge is 0.408 e.